The Balaban J connectivity index is 2.79. The lowest BCUT2D eigenvalue weighted by Crippen LogP contribution is -2.01. The molecule has 0 atom stereocenters. The van der Waals surface area contributed by atoms with Gasteiger partial charge in [-0.15, -0.1) is 25.8 Å². The molecule has 2 nitrogen and oxygen atoms in total. The topological polar surface area (TPSA) is 40.5 Å². The van der Waals surface area contributed by atoms with Crippen molar-refractivity contribution in [3.05, 3.63) is 66.3 Å². The smallest absolute Gasteiger partial charge is 0.137 e. The summed E-state index contributed by atoms with van der Waals surface area (Å²) in [5.74, 6) is 0.355. The maximum atomic E-state index is 10.7. The van der Waals surface area contributed by atoms with Crippen molar-refractivity contribution in [2.45, 2.75) is 24.7 Å². The molecule has 0 aliphatic rings. The van der Waals surface area contributed by atoms with E-state index in [-0.39, 0.29) is 11.5 Å². The van der Waals surface area contributed by atoms with Gasteiger partial charge in [0.25, 0.3) is 0 Å². The molecule has 0 amide bonds. The van der Waals surface area contributed by atoms with Crippen LogP contribution in [0.25, 0.3) is 11.1 Å². The predicted octanol–water partition coefficient (Wildman–Crippen LogP) is 4.82. The van der Waals surface area contributed by atoms with E-state index >= 15 is 0 Å². The van der Waals surface area contributed by atoms with Crippen LogP contribution in [0.1, 0.15) is 16.7 Å². The number of phenols is 2. The Morgan fingerprint density at radius 2 is 1.55 bits per heavy atom. The number of aromatic hydroxyl groups is 2. The van der Waals surface area contributed by atoms with Gasteiger partial charge in [0.15, 0.2) is 0 Å². The van der Waals surface area contributed by atoms with Crippen LogP contribution >= 0.6 is 12.6 Å². The van der Waals surface area contributed by atoms with Gasteiger partial charge in [-0.1, -0.05) is 24.3 Å². The highest BCUT2D eigenvalue weighted by molar-refractivity contribution is 7.80. The number of benzene rings is 2. The molecule has 22 heavy (non-hydrogen) atoms. The summed E-state index contributed by atoms with van der Waals surface area (Å²) in [5, 5.41) is 20.1. The third kappa shape index (κ3) is 2.90. The monoisotopic (exact) mass is 312 g/mol. The van der Waals surface area contributed by atoms with Crippen LogP contribution in [0.15, 0.2) is 54.5 Å². The highest BCUT2D eigenvalue weighted by Gasteiger charge is 2.19. The number of thiol groups is 1. The third-order valence-electron chi connectivity index (χ3n) is 3.81. The molecule has 0 spiro atoms. The minimum atomic E-state index is 0.160. The summed E-state index contributed by atoms with van der Waals surface area (Å²) < 4.78 is 0. The number of allylic oxidation sites excluding steroid dienone is 2. The first-order valence-corrected chi connectivity index (χ1v) is 7.53. The van der Waals surface area contributed by atoms with Crippen molar-refractivity contribution in [1.29, 1.82) is 0 Å². The maximum absolute atomic E-state index is 10.7. The number of phenolic OH excluding ortho intramolecular Hbond substituents is 2. The molecule has 2 aromatic carbocycles. The lowest BCUT2D eigenvalue weighted by Gasteiger charge is -2.20. The van der Waals surface area contributed by atoms with Gasteiger partial charge < -0.3 is 10.2 Å². The molecule has 0 saturated heterocycles. The Morgan fingerprint density at radius 1 is 1.00 bits per heavy atom. The average molecular weight is 312 g/mol. The van der Waals surface area contributed by atoms with Gasteiger partial charge in [-0.25, -0.2) is 0 Å². The van der Waals surface area contributed by atoms with Crippen molar-refractivity contribution in [3.63, 3.8) is 0 Å². The Labute approximate surface area is 136 Å². The van der Waals surface area contributed by atoms with E-state index < -0.39 is 0 Å². The summed E-state index contributed by atoms with van der Waals surface area (Å²) in [7, 11) is 0. The Bertz CT molecular complexity index is 715. The number of hydrogen-bond donors (Lipinski definition) is 3. The second-order valence-corrected chi connectivity index (χ2v) is 5.63. The van der Waals surface area contributed by atoms with Crippen LogP contribution in [-0.4, -0.2) is 10.2 Å². The molecule has 0 aliphatic heterocycles. The largest absolute Gasteiger partial charge is 0.508 e. The zero-order valence-corrected chi connectivity index (χ0v) is 13.5. The molecule has 114 valence electrons. The average Bonchev–Trinajstić information content (AvgIpc) is 2.51. The summed E-state index contributed by atoms with van der Waals surface area (Å²) in [5.41, 5.74) is 4.68. The summed E-state index contributed by atoms with van der Waals surface area (Å²) >= 11 is 4.50. The minimum absolute atomic E-state index is 0.160. The first-order valence-electron chi connectivity index (χ1n) is 7.08. The van der Waals surface area contributed by atoms with Gasteiger partial charge in [0, 0.05) is 5.56 Å². The molecule has 2 aromatic rings. The Kier molecular flexibility index (Phi) is 4.99. The standard InChI is InChI=1S/C19H20O2S/c1-4-6-15-12(3)16(7-5-2)19(22)18(21)17(15)13-8-10-14(20)11-9-13/h4-5,8-11,20-22H,1-2,6-7H2,3H3. The van der Waals surface area contributed by atoms with E-state index in [0.29, 0.717) is 17.7 Å². The van der Waals surface area contributed by atoms with Crippen LogP contribution < -0.4 is 0 Å². The van der Waals surface area contributed by atoms with Gasteiger partial charge in [-0.3, -0.25) is 0 Å². The molecule has 0 fully saturated rings. The second kappa shape index (κ2) is 6.75. The number of hydrogen-bond acceptors (Lipinski definition) is 3. The fraction of sp³-hybridized carbons (Fsp3) is 0.158. The molecule has 0 saturated carbocycles. The van der Waals surface area contributed by atoms with E-state index in [1.807, 2.05) is 13.0 Å². The van der Waals surface area contributed by atoms with Crippen LogP contribution in [0.4, 0.5) is 0 Å². The first-order chi connectivity index (χ1) is 10.5. The summed E-state index contributed by atoms with van der Waals surface area (Å²) in [6, 6.07) is 6.79. The van der Waals surface area contributed by atoms with Gasteiger partial charge in [0.05, 0.1) is 4.90 Å². The van der Waals surface area contributed by atoms with E-state index in [9.17, 15) is 10.2 Å². The van der Waals surface area contributed by atoms with Crippen LogP contribution in [0.3, 0.4) is 0 Å². The van der Waals surface area contributed by atoms with E-state index in [1.54, 1.807) is 30.3 Å². The van der Waals surface area contributed by atoms with Crippen LogP contribution in [0.5, 0.6) is 11.5 Å². The van der Waals surface area contributed by atoms with Crippen LogP contribution in [-0.2, 0) is 12.8 Å². The van der Waals surface area contributed by atoms with Gasteiger partial charge in [-0.05, 0) is 54.2 Å². The lowest BCUT2D eigenvalue weighted by molar-refractivity contribution is 0.462. The van der Waals surface area contributed by atoms with Gasteiger partial charge in [0.1, 0.15) is 11.5 Å². The molecule has 0 radical (unpaired) electrons. The van der Waals surface area contributed by atoms with E-state index in [4.69, 9.17) is 0 Å². The van der Waals surface area contributed by atoms with Crippen molar-refractivity contribution >= 4 is 12.6 Å². The molecule has 0 unspecified atom stereocenters. The lowest BCUT2D eigenvalue weighted by atomic mass is 9.88. The van der Waals surface area contributed by atoms with Gasteiger partial charge >= 0.3 is 0 Å². The Morgan fingerprint density at radius 3 is 2.09 bits per heavy atom. The molecule has 2 N–H and O–H groups in total. The highest BCUT2D eigenvalue weighted by atomic mass is 32.1. The summed E-state index contributed by atoms with van der Waals surface area (Å²) in [4.78, 5) is 0.577. The van der Waals surface area contributed by atoms with Gasteiger partial charge in [-0.2, -0.15) is 0 Å². The Hall–Kier alpha value is -2.13. The van der Waals surface area contributed by atoms with Crippen molar-refractivity contribution in [2.75, 3.05) is 0 Å². The molecule has 3 heteroatoms. The second-order valence-electron chi connectivity index (χ2n) is 5.19. The normalized spacial score (nSPS) is 10.5. The summed E-state index contributed by atoms with van der Waals surface area (Å²) in [6.07, 6.45) is 4.92. The van der Waals surface area contributed by atoms with Crippen LogP contribution in [0, 0.1) is 6.92 Å². The quantitative estimate of drug-likeness (QED) is 0.547. The molecule has 0 aliphatic carbocycles. The van der Waals surface area contributed by atoms with Crippen molar-refractivity contribution in [2.24, 2.45) is 0 Å². The first kappa shape index (κ1) is 16.2. The zero-order valence-electron chi connectivity index (χ0n) is 12.6. The predicted molar refractivity (Wildman–Crippen MR) is 95.0 cm³/mol. The number of rotatable bonds is 5. The third-order valence-corrected chi connectivity index (χ3v) is 4.29. The van der Waals surface area contributed by atoms with E-state index in [2.05, 4.69) is 25.8 Å². The van der Waals surface area contributed by atoms with Crippen molar-refractivity contribution in [3.8, 4) is 22.6 Å². The highest BCUT2D eigenvalue weighted by Crippen LogP contribution is 2.42. The molecule has 2 rings (SSSR count). The zero-order chi connectivity index (χ0) is 16.3. The molecule has 0 bridgehead atoms. The molecule has 0 aromatic heterocycles. The van der Waals surface area contributed by atoms with E-state index in [0.717, 1.165) is 27.8 Å². The van der Waals surface area contributed by atoms with Gasteiger partial charge in [0.2, 0.25) is 0 Å². The van der Waals surface area contributed by atoms with E-state index in [1.165, 1.54) is 0 Å². The maximum Gasteiger partial charge on any atom is 0.137 e. The fourth-order valence-corrected chi connectivity index (χ4v) is 3.05. The summed E-state index contributed by atoms with van der Waals surface area (Å²) in [6.45, 7) is 9.61. The van der Waals surface area contributed by atoms with Crippen molar-refractivity contribution < 1.29 is 10.2 Å². The molecule has 0 heterocycles. The fourth-order valence-electron chi connectivity index (χ4n) is 2.68. The SMILES string of the molecule is C=CCc1c(C)c(CC=C)c(-c2ccc(O)cc2)c(O)c1S. The van der Waals surface area contributed by atoms with Crippen molar-refractivity contribution in [1.82, 2.24) is 0 Å². The minimum Gasteiger partial charge on any atom is -0.508 e. The molecular formula is C19H20O2S. The van der Waals surface area contributed by atoms with Crippen LogP contribution in [0.2, 0.25) is 0 Å². The molecular weight excluding hydrogens is 292 g/mol.